The molecule has 1 aromatic rings. The number of likely N-dealkylation sites (N-methyl/N-ethyl adjacent to an activating group) is 1. The Morgan fingerprint density at radius 3 is 2.60 bits per heavy atom. The molecule has 0 saturated carbocycles. The van der Waals surface area contributed by atoms with Crippen LogP contribution in [0.25, 0.3) is 0 Å². The minimum atomic E-state index is -0.404. The molecule has 0 radical (unpaired) electrons. The van der Waals surface area contributed by atoms with Crippen molar-refractivity contribution in [3.63, 3.8) is 0 Å². The molecule has 1 amide bonds. The summed E-state index contributed by atoms with van der Waals surface area (Å²) in [5.74, 6) is -0.0365. The molecule has 20 heavy (non-hydrogen) atoms. The van der Waals surface area contributed by atoms with Crippen LogP contribution in [0.4, 0.5) is 4.39 Å². The first kappa shape index (κ1) is 16.4. The smallest absolute Gasteiger partial charge is 0.239 e. The molecule has 0 spiro atoms. The van der Waals surface area contributed by atoms with Crippen LogP contribution in [0.15, 0.2) is 18.2 Å². The third-order valence-corrected chi connectivity index (χ3v) is 3.03. The summed E-state index contributed by atoms with van der Waals surface area (Å²) in [6.45, 7) is 4.33. The zero-order valence-corrected chi connectivity index (χ0v) is 12.5. The van der Waals surface area contributed by atoms with Crippen molar-refractivity contribution in [1.82, 2.24) is 10.2 Å². The van der Waals surface area contributed by atoms with E-state index in [0.29, 0.717) is 17.9 Å². The Hall–Kier alpha value is -1.62. The molecule has 0 aliphatic carbocycles. The van der Waals surface area contributed by atoms with Gasteiger partial charge in [0.2, 0.25) is 5.91 Å². The van der Waals surface area contributed by atoms with Crippen LogP contribution < -0.4 is 5.32 Å². The Morgan fingerprint density at radius 1 is 1.40 bits per heavy atom. The molecule has 0 aromatic heterocycles. The fourth-order valence-corrected chi connectivity index (χ4v) is 1.98. The number of phenolic OH excluding ortho intramolecular Hbond substituents is 1. The number of halogens is 1. The molecule has 1 unspecified atom stereocenters. The highest BCUT2D eigenvalue weighted by Crippen LogP contribution is 2.18. The molecule has 1 aromatic carbocycles. The highest BCUT2D eigenvalue weighted by molar-refractivity contribution is 5.81. The van der Waals surface area contributed by atoms with Gasteiger partial charge in [0.25, 0.3) is 0 Å². The van der Waals surface area contributed by atoms with Gasteiger partial charge in [-0.15, -0.1) is 0 Å². The maximum atomic E-state index is 13.2. The van der Waals surface area contributed by atoms with Crippen molar-refractivity contribution >= 4 is 5.91 Å². The van der Waals surface area contributed by atoms with Gasteiger partial charge in [-0.1, -0.05) is 13.8 Å². The Bertz CT molecular complexity index is 461. The van der Waals surface area contributed by atoms with Crippen molar-refractivity contribution in [3.8, 4) is 5.75 Å². The van der Waals surface area contributed by atoms with Gasteiger partial charge in [-0.05, 0) is 30.5 Å². The lowest BCUT2D eigenvalue weighted by Gasteiger charge is -2.23. The van der Waals surface area contributed by atoms with Gasteiger partial charge in [-0.3, -0.25) is 4.79 Å². The molecule has 0 aliphatic rings. The Morgan fingerprint density at radius 2 is 2.05 bits per heavy atom. The summed E-state index contributed by atoms with van der Waals surface area (Å²) in [7, 11) is 3.41. The molecule has 0 saturated heterocycles. The number of aromatic hydroxyl groups is 1. The largest absolute Gasteiger partial charge is 0.508 e. The number of nitrogens with zero attached hydrogens (tertiary/aromatic N) is 1. The lowest BCUT2D eigenvalue weighted by Crippen LogP contribution is -2.44. The lowest BCUT2D eigenvalue weighted by atomic mass is 10.0. The average molecular weight is 282 g/mol. The van der Waals surface area contributed by atoms with E-state index in [-0.39, 0.29) is 24.2 Å². The molecule has 0 aliphatic heterocycles. The van der Waals surface area contributed by atoms with Gasteiger partial charge < -0.3 is 15.3 Å². The molecule has 1 rings (SSSR count). The first-order valence-corrected chi connectivity index (χ1v) is 6.73. The second-order valence-electron chi connectivity index (χ2n) is 5.57. The highest BCUT2D eigenvalue weighted by Gasteiger charge is 2.21. The summed E-state index contributed by atoms with van der Waals surface area (Å²) in [6.07, 6.45) is 0.688. The Labute approximate surface area is 119 Å². The fraction of sp³-hybridized carbons (Fsp3) is 0.533. The highest BCUT2D eigenvalue weighted by atomic mass is 19.1. The van der Waals surface area contributed by atoms with Crippen molar-refractivity contribution in [2.45, 2.75) is 32.9 Å². The molecule has 0 fully saturated rings. The van der Waals surface area contributed by atoms with Crippen molar-refractivity contribution in [2.75, 3.05) is 14.1 Å². The number of phenols is 1. The van der Waals surface area contributed by atoms with E-state index in [9.17, 15) is 14.3 Å². The van der Waals surface area contributed by atoms with Crippen molar-refractivity contribution in [1.29, 1.82) is 0 Å². The molecule has 5 heteroatoms. The predicted octanol–water partition coefficient (Wildman–Crippen LogP) is 2.12. The van der Waals surface area contributed by atoms with Gasteiger partial charge in [0, 0.05) is 26.2 Å². The van der Waals surface area contributed by atoms with Crippen LogP contribution in [0, 0.1) is 11.7 Å². The van der Waals surface area contributed by atoms with Crippen LogP contribution in [-0.2, 0) is 11.3 Å². The number of hydrogen-bond donors (Lipinski definition) is 2. The van der Waals surface area contributed by atoms with Gasteiger partial charge in [-0.25, -0.2) is 4.39 Å². The number of benzene rings is 1. The quantitative estimate of drug-likeness (QED) is 0.840. The van der Waals surface area contributed by atoms with E-state index < -0.39 is 5.82 Å². The monoisotopic (exact) mass is 282 g/mol. The van der Waals surface area contributed by atoms with E-state index in [1.165, 1.54) is 23.1 Å². The minimum Gasteiger partial charge on any atom is -0.508 e. The maximum absolute atomic E-state index is 13.2. The van der Waals surface area contributed by atoms with Crippen LogP contribution in [0.1, 0.15) is 25.8 Å². The number of amides is 1. The van der Waals surface area contributed by atoms with E-state index in [2.05, 4.69) is 5.32 Å². The number of carbonyl (C=O) groups is 1. The summed E-state index contributed by atoms with van der Waals surface area (Å²) in [6, 6.07) is 3.45. The van der Waals surface area contributed by atoms with Gasteiger partial charge >= 0.3 is 0 Å². The Balaban J connectivity index is 2.75. The van der Waals surface area contributed by atoms with Crippen LogP contribution in [-0.4, -0.2) is 36.1 Å². The topological polar surface area (TPSA) is 52.6 Å². The third-order valence-electron chi connectivity index (χ3n) is 3.03. The molecule has 4 nitrogen and oxygen atoms in total. The normalized spacial score (nSPS) is 12.5. The minimum absolute atomic E-state index is 0.0189. The Kier molecular flexibility index (Phi) is 5.95. The lowest BCUT2D eigenvalue weighted by molar-refractivity contribution is -0.131. The SMILES string of the molecule is CC(C)CC(NCc1cc(F)ccc1O)C(=O)N(C)C. The standard InChI is InChI=1S/C15H23FN2O2/c1-10(2)7-13(15(20)18(3)4)17-9-11-8-12(16)5-6-14(11)19/h5-6,8,10,13,17,19H,7,9H2,1-4H3. The fourth-order valence-electron chi connectivity index (χ4n) is 1.98. The number of carbonyl (C=O) groups excluding carboxylic acids is 1. The molecule has 112 valence electrons. The van der Waals surface area contributed by atoms with E-state index in [0.717, 1.165) is 0 Å². The van der Waals surface area contributed by atoms with Gasteiger partial charge in [0.1, 0.15) is 11.6 Å². The molecular weight excluding hydrogens is 259 g/mol. The zero-order valence-electron chi connectivity index (χ0n) is 12.5. The van der Waals surface area contributed by atoms with E-state index in [1.807, 2.05) is 13.8 Å². The molecule has 2 N–H and O–H groups in total. The summed E-state index contributed by atoms with van der Waals surface area (Å²) in [4.78, 5) is 13.6. The van der Waals surface area contributed by atoms with Gasteiger partial charge in [0.15, 0.2) is 0 Å². The second-order valence-corrected chi connectivity index (χ2v) is 5.57. The van der Waals surface area contributed by atoms with Gasteiger partial charge in [0.05, 0.1) is 6.04 Å². The van der Waals surface area contributed by atoms with Crippen LogP contribution >= 0.6 is 0 Å². The predicted molar refractivity (Wildman–Crippen MR) is 76.8 cm³/mol. The first-order chi connectivity index (χ1) is 9.31. The van der Waals surface area contributed by atoms with E-state index >= 15 is 0 Å². The number of nitrogens with one attached hydrogen (secondary N) is 1. The van der Waals surface area contributed by atoms with Gasteiger partial charge in [-0.2, -0.15) is 0 Å². The summed E-state index contributed by atoms with van der Waals surface area (Å²) >= 11 is 0. The average Bonchev–Trinajstić information content (AvgIpc) is 2.36. The summed E-state index contributed by atoms with van der Waals surface area (Å²) in [5, 5.41) is 12.8. The number of rotatable bonds is 6. The van der Waals surface area contributed by atoms with Crippen LogP contribution in [0.3, 0.4) is 0 Å². The van der Waals surface area contributed by atoms with Crippen molar-refractivity contribution in [3.05, 3.63) is 29.6 Å². The maximum Gasteiger partial charge on any atom is 0.239 e. The van der Waals surface area contributed by atoms with Crippen molar-refractivity contribution < 1.29 is 14.3 Å². The van der Waals surface area contributed by atoms with Crippen molar-refractivity contribution in [2.24, 2.45) is 5.92 Å². The molecular formula is C15H23FN2O2. The van der Waals surface area contributed by atoms with E-state index in [4.69, 9.17) is 0 Å². The molecule has 1 atom stereocenters. The zero-order chi connectivity index (χ0) is 15.3. The summed E-state index contributed by atoms with van der Waals surface area (Å²) in [5.41, 5.74) is 0.449. The van der Waals surface area contributed by atoms with Crippen LogP contribution in [0.5, 0.6) is 5.75 Å². The third kappa shape index (κ3) is 4.81. The second kappa shape index (κ2) is 7.24. The molecule has 0 bridgehead atoms. The van der Waals surface area contributed by atoms with E-state index in [1.54, 1.807) is 14.1 Å². The molecule has 0 heterocycles. The summed E-state index contributed by atoms with van der Waals surface area (Å²) < 4.78 is 13.2. The number of hydrogen-bond acceptors (Lipinski definition) is 3. The van der Waals surface area contributed by atoms with Crippen LogP contribution in [0.2, 0.25) is 0 Å². The first-order valence-electron chi connectivity index (χ1n) is 6.73.